The van der Waals surface area contributed by atoms with Crippen LogP contribution in [0.1, 0.15) is 19.4 Å². The summed E-state index contributed by atoms with van der Waals surface area (Å²) in [5, 5.41) is 0.654. The first kappa shape index (κ1) is 24.9. The number of rotatable bonds is 7. The molecule has 34 heavy (non-hydrogen) atoms. The van der Waals surface area contributed by atoms with E-state index in [2.05, 4.69) is 39.6 Å². The van der Waals surface area contributed by atoms with Crippen LogP contribution in [0.2, 0.25) is 0 Å². The Morgan fingerprint density at radius 2 is 1.82 bits per heavy atom. The first-order valence-corrected chi connectivity index (χ1v) is 13.2. The Balaban J connectivity index is 1.55. The second-order valence-corrected chi connectivity index (χ2v) is 9.85. The number of benzene rings is 2. The molecule has 1 amide bonds. The second kappa shape index (κ2) is 11.5. The lowest BCUT2D eigenvalue weighted by molar-refractivity contribution is -0.121. The van der Waals surface area contributed by atoms with Crippen molar-refractivity contribution in [1.29, 1.82) is 0 Å². The Hall–Kier alpha value is -2.24. The van der Waals surface area contributed by atoms with Gasteiger partial charge in [0.1, 0.15) is 0 Å². The number of ether oxygens (including phenoxy) is 3. The van der Waals surface area contributed by atoms with E-state index in [0.717, 1.165) is 52.6 Å². The summed E-state index contributed by atoms with van der Waals surface area (Å²) < 4.78 is 17.9. The summed E-state index contributed by atoms with van der Waals surface area (Å²) in [7, 11) is 1.75. The molecule has 0 N–H and O–H groups in total. The quantitative estimate of drug-likeness (QED) is 0.327. The third-order valence-corrected chi connectivity index (χ3v) is 7.23. The number of carbonyl (C=O) groups is 1. The van der Waals surface area contributed by atoms with Crippen LogP contribution >= 0.6 is 34.4 Å². The molecule has 0 spiro atoms. The molecule has 4 rings (SSSR count). The van der Waals surface area contributed by atoms with Gasteiger partial charge in [-0.05, 0) is 96.2 Å². The smallest absolute Gasteiger partial charge is 0.266 e. The minimum atomic E-state index is -0.0736. The Bertz CT molecular complexity index is 1100. The average Bonchev–Trinajstić information content (AvgIpc) is 3.10. The number of anilines is 1. The summed E-state index contributed by atoms with van der Waals surface area (Å²) in [6.45, 7) is 8.27. The minimum absolute atomic E-state index is 0.0736. The molecule has 0 atom stereocenters. The summed E-state index contributed by atoms with van der Waals surface area (Å²) in [5.74, 6) is 1.34. The van der Waals surface area contributed by atoms with Gasteiger partial charge in [-0.15, -0.1) is 0 Å². The van der Waals surface area contributed by atoms with Crippen molar-refractivity contribution < 1.29 is 19.0 Å². The zero-order chi connectivity index (χ0) is 24.1. The molecule has 180 valence electrons. The van der Waals surface area contributed by atoms with Gasteiger partial charge in [0.2, 0.25) is 0 Å². The first-order valence-electron chi connectivity index (χ1n) is 11.3. The van der Waals surface area contributed by atoms with E-state index in [1.165, 1.54) is 11.8 Å². The van der Waals surface area contributed by atoms with Crippen LogP contribution in [-0.4, -0.2) is 62.5 Å². The Labute approximate surface area is 218 Å². The molecular formula is C25H28IN3O4S. The summed E-state index contributed by atoms with van der Waals surface area (Å²) in [6.07, 6.45) is 1.88. The van der Waals surface area contributed by atoms with E-state index in [0.29, 0.717) is 29.0 Å². The van der Waals surface area contributed by atoms with Crippen LogP contribution in [0.15, 0.2) is 46.3 Å². The normalized spacial score (nSPS) is 18.8. The van der Waals surface area contributed by atoms with Gasteiger partial charge in [0.25, 0.3) is 5.91 Å². The molecular weight excluding hydrogens is 565 g/mol. The van der Waals surface area contributed by atoms with E-state index >= 15 is 0 Å². The van der Waals surface area contributed by atoms with Crippen LogP contribution in [0.5, 0.6) is 11.5 Å². The third kappa shape index (κ3) is 5.69. The number of carbonyl (C=O) groups excluding carboxylic acids is 1. The maximum Gasteiger partial charge on any atom is 0.266 e. The second-order valence-electron chi connectivity index (χ2n) is 7.68. The van der Waals surface area contributed by atoms with E-state index in [4.69, 9.17) is 19.2 Å². The fraction of sp³-hybridized carbons (Fsp3) is 0.360. The highest BCUT2D eigenvalue weighted by atomic mass is 127. The van der Waals surface area contributed by atoms with Crippen LogP contribution in [0, 0.1) is 3.57 Å². The highest BCUT2D eigenvalue weighted by molar-refractivity contribution is 14.1. The summed E-state index contributed by atoms with van der Waals surface area (Å²) in [5.41, 5.74) is 2.86. The number of amides is 1. The molecule has 2 aromatic carbocycles. The van der Waals surface area contributed by atoms with Gasteiger partial charge in [-0.2, -0.15) is 0 Å². The van der Waals surface area contributed by atoms with Gasteiger partial charge in [-0.1, -0.05) is 0 Å². The molecule has 2 saturated heterocycles. The van der Waals surface area contributed by atoms with Gasteiger partial charge in [0, 0.05) is 25.8 Å². The Kier molecular flexibility index (Phi) is 8.38. The van der Waals surface area contributed by atoms with Gasteiger partial charge in [0.15, 0.2) is 16.7 Å². The predicted molar refractivity (Wildman–Crippen MR) is 146 cm³/mol. The predicted octanol–water partition coefficient (Wildman–Crippen LogP) is 5.16. The fourth-order valence-corrected chi connectivity index (χ4v) is 5.46. The van der Waals surface area contributed by atoms with Crippen molar-refractivity contribution in [3.05, 3.63) is 50.4 Å². The summed E-state index contributed by atoms with van der Waals surface area (Å²) in [6, 6.07) is 12.0. The monoisotopic (exact) mass is 593 g/mol. The van der Waals surface area contributed by atoms with Crippen molar-refractivity contribution >= 4 is 62.9 Å². The van der Waals surface area contributed by atoms with Crippen LogP contribution < -0.4 is 14.4 Å². The standard InChI is InChI=1S/C25H28IN3O4S/c1-4-32-21-15-17(14-20(26)23(21)33-5-2)16-22-24(30)28(3)25(34-22)27-18-6-8-19(9-7-18)29-10-12-31-13-11-29/h6-9,14-16H,4-5,10-13H2,1-3H3/b22-16-,27-25?. The molecule has 9 heteroatoms. The topological polar surface area (TPSA) is 63.6 Å². The Morgan fingerprint density at radius 3 is 2.50 bits per heavy atom. The summed E-state index contributed by atoms with van der Waals surface area (Å²) >= 11 is 3.61. The molecule has 0 radical (unpaired) electrons. The van der Waals surface area contributed by atoms with E-state index in [1.807, 2.05) is 44.2 Å². The third-order valence-electron chi connectivity index (χ3n) is 5.37. The molecule has 2 fully saturated rings. The molecule has 2 aliphatic heterocycles. The van der Waals surface area contributed by atoms with Crippen molar-refractivity contribution in [2.24, 2.45) is 4.99 Å². The van der Waals surface area contributed by atoms with Crippen molar-refractivity contribution in [2.45, 2.75) is 13.8 Å². The number of nitrogens with zero attached hydrogens (tertiary/aromatic N) is 3. The average molecular weight is 593 g/mol. The molecule has 0 unspecified atom stereocenters. The molecule has 7 nitrogen and oxygen atoms in total. The highest BCUT2D eigenvalue weighted by Gasteiger charge is 2.30. The number of likely N-dealkylation sites (N-methyl/N-ethyl adjacent to an activating group) is 1. The van der Waals surface area contributed by atoms with Crippen LogP contribution in [0.3, 0.4) is 0 Å². The number of amidine groups is 1. The maximum atomic E-state index is 12.9. The van der Waals surface area contributed by atoms with Crippen LogP contribution in [0.25, 0.3) is 6.08 Å². The zero-order valence-electron chi connectivity index (χ0n) is 19.5. The lowest BCUT2D eigenvalue weighted by Crippen LogP contribution is -2.36. The number of thioether (sulfide) groups is 1. The van der Waals surface area contributed by atoms with Gasteiger partial charge < -0.3 is 19.1 Å². The minimum Gasteiger partial charge on any atom is -0.490 e. The largest absolute Gasteiger partial charge is 0.490 e. The van der Waals surface area contributed by atoms with Gasteiger partial charge in [-0.25, -0.2) is 4.99 Å². The number of hydrogen-bond donors (Lipinski definition) is 0. The van der Waals surface area contributed by atoms with E-state index in [-0.39, 0.29) is 5.91 Å². The van der Waals surface area contributed by atoms with Crippen molar-refractivity contribution in [2.75, 3.05) is 51.5 Å². The Morgan fingerprint density at radius 1 is 1.12 bits per heavy atom. The van der Waals surface area contributed by atoms with Gasteiger partial charge >= 0.3 is 0 Å². The molecule has 0 aliphatic carbocycles. The van der Waals surface area contributed by atoms with Crippen LogP contribution in [-0.2, 0) is 9.53 Å². The summed E-state index contributed by atoms with van der Waals surface area (Å²) in [4.78, 5) is 22.2. The highest BCUT2D eigenvalue weighted by Crippen LogP contribution is 2.38. The first-order chi connectivity index (χ1) is 16.5. The zero-order valence-corrected chi connectivity index (χ0v) is 22.5. The lowest BCUT2D eigenvalue weighted by atomic mass is 10.2. The SMILES string of the molecule is CCOc1cc(/C=C2\SC(=Nc3ccc(N4CCOCC4)cc3)N(C)C2=O)cc(I)c1OCC. The number of morpholine rings is 1. The van der Waals surface area contributed by atoms with Gasteiger partial charge in [0.05, 0.1) is 40.6 Å². The molecule has 2 aliphatic rings. The number of aliphatic imine (C=N–C) groups is 1. The van der Waals surface area contributed by atoms with E-state index in [9.17, 15) is 4.79 Å². The molecule has 0 saturated carbocycles. The van der Waals surface area contributed by atoms with Crippen molar-refractivity contribution in [1.82, 2.24) is 4.90 Å². The molecule has 0 bridgehead atoms. The van der Waals surface area contributed by atoms with E-state index in [1.54, 1.807) is 11.9 Å². The molecule has 2 aromatic rings. The fourth-order valence-electron chi connectivity index (χ4n) is 3.69. The van der Waals surface area contributed by atoms with Crippen LogP contribution in [0.4, 0.5) is 11.4 Å². The van der Waals surface area contributed by atoms with Crippen molar-refractivity contribution in [3.8, 4) is 11.5 Å². The number of hydrogen-bond acceptors (Lipinski definition) is 7. The molecule has 2 heterocycles. The number of halogens is 1. The lowest BCUT2D eigenvalue weighted by Gasteiger charge is -2.28. The van der Waals surface area contributed by atoms with E-state index < -0.39 is 0 Å². The maximum absolute atomic E-state index is 12.9. The van der Waals surface area contributed by atoms with Crippen molar-refractivity contribution in [3.63, 3.8) is 0 Å². The molecule has 0 aromatic heterocycles. The van der Waals surface area contributed by atoms with Gasteiger partial charge in [-0.3, -0.25) is 9.69 Å².